The second-order valence-electron chi connectivity index (χ2n) is 6.12. The van der Waals surface area contributed by atoms with Gasteiger partial charge >= 0.3 is 0 Å². The van der Waals surface area contributed by atoms with Gasteiger partial charge in [-0.05, 0) is 42.9 Å². The van der Waals surface area contributed by atoms with Crippen LogP contribution in [0, 0.1) is 0 Å². The van der Waals surface area contributed by atoms with Crippen molar-refractivity contribution in [1.29, 1.82) is 0 Å². The quantitative estimate of drug-likeness (QED) is 0.662. The monoisotopic (exact) mass is 401 g/mol. The number of rotatable bonds is 2. The Morgan fingerprint density at radius 3 is 2.83 bits per heavy atom. The highest BCUT2D eigenvalue weighted by molar-refractivity contribution is 9.10. The Balaban J connectivity index is 1.80. The molecule has 1 aromatic carbocycles. The Kier molecular flexibility index (Phi) is 3.90. The van der Waals surface area contributed by atoms with Crippen LogP contribution in [0.15, 0.2) is 34.8 Å². The van der Waals surface area contributed by atoms with Gasteiger partial charge in [0.2, 0.25) is 5.78 Å². The molecule has 1 aliphatic heterocycles. The normalized spacial score (nSPS) is 14.8. The van der Waals surface area contributed by atoms with Crippen LogP contribution in [0.3, 0.4) is 0 Å². The maximum atomic E-state index is 12.8. The summed E-state index contributed by atoms with van der Waals surface area (Å²) >= 11 is 4.78. The number of anilines is 1. The summed E-state index contributed by atoms with van der Waals surface area (Å²) in [5.41, 5.74) is 9.83. The van der Waals surface area contributed by atoms with Gasteiger partial charge in [-0.2, -0.15) is 0 Å². The van der Waals surface area contributed by atoms with Crippen molar-refractivity contribution in [3.05, 3.63) is 56.5 Å². The largest absolute Gasteiger partial charge is 0.397 e. The van der Waals surface area contributed by atoms with Gasteiger partial charge in [0.25, 0.3) is 0 Å². The van der Waals surface area contributed by atoms with Gasteiger partial charge in [-0.15, -0.1) is 11.3 Å². The van der Waals surface area contributed by atoms with E-state index in [1.165, 1.54) is 16.9 Å². The molecule has 4 rings (SSSR count). The molecule has 24 heavy (non-hydrogen) atoms. The third-order valence-corrected chi connectivity index (χ3v) is 6.02. The summed E-state index contributed by atoms with van der Waals surface area (Å²) in [5.74, 6) is -0.0434. The SMILES string of the molecule is CN1CCc2nc3sc(C(=O)c4ccc(Br)cc4)c(N)c3cc2C1. The van der Waals surface area contributed by atoms with Crippen LogP contribution in [0.25, 0.3) is 10.2 Å². The van der Waals surface area contributed by atoms with Crippen molar-refractivity contribution in [3.8, 4) is 0 Å². The number of nitrogen functional groups attached to an aromatic ring is 1. The minimum atomic E-state index is -0.0434. The maximum Gasteiger partial charge on any atom is 0.205 e. The molecule has 2 N–H and O–H groups in total. The third-order valence-electron chi connectivity index (χ3n) is 4.37. The van der Waals surface area contributed by atoms with Crippen LogP contribution < -0.4 is 5.73 Å². The molecule has 0 atom stereocenters. The van der Waals surface area contributed by atoms with E-state index in [1.807, 2.05) is 24.3 Å². The van der Waals surface area contributed by atoms with Crippen molar-refractivity contribution in [1.82, 2.24) is 9.88 Å². The number of benzene rings is 1. The Labute approximate surface area is 152 Å². The van der Waals surface area contributed by atoms with Crippen LogP contribution >= 0.6 is 27.3 Å². The summed E-state index contributed by atoms with van der Waals surface area (Å²) in [6, 6.07) is 9.46. The lowest BCUT2D eigenvalue weighted by atomic mass is 10.0. The molecule has 4 nitrogen and oxygen atoms in total. The predicted molar refractivity (Wildman–Crippen MR) is 102 cm³/mol. The van der Waals surface area contributed by atoms with E-state index in [2.05, 4.69) is 33.9 Å². The zero-order valence-electron chi connectivity index (χ0n) is 13.2. The van der Waals surface area contributed by atoms with Crippen molar-refractivity contribution in [2.24, 2.45) is 0 Å². The minimum absolute atomic E-state index is 0.0434. The number of carbonyl (C=O) groups excluding carboxylic acids is 1. The first kappa shape index (κ1) is 15.7. The fourth-order valence-electron chi connectivity index (χ4n) is 3.04. The molecular formula is C18H16BrN3OS. The molecule has 0 bridgehead atoms. The van der Waals surface area contributed by atoms with Crippen LogP contribution in [-0.2, 0) is 13.0 Å². The van der Waals surface area contributed by atoms with Gasteiger partial charge in [0.05, 0.1) is 5.69 Å². The van der Waals surface area contributed by atoms with Gasteiger partial charge in [0, 0.05) is 40.6 Å². The van der Waals surface area contributed by atoms with E-state index in [-0.39, 0.29) is 5.78 Å². The molecule has 0 fully saturated rings. The number of halogens is 1. The van der Waals surface area contributed by atoms with E-state index < -0.39 is 0 Å². The number of likely N-dealkylation sites (N-methyl/N-ethyl adjacent to an activating group) is 1. The Bertz CT molecular complexity index is 949. The van der Waals surface area contributed by atoms with Gasteiger partial charge in [-0.1, -0.05) is 15.9 Å². The van der Waals surface area contributed by atoms with E-state index in [1.54, 1.807) is 0 Å². The summed E-state index contributed by atoms with van der Waals surface area (Å²) < 4.78 is 0.946. The summed E-state index contributed by atoms with van der Waals surface area (Å²) in [5, 5.41) is 0.898. The number of nitrogens with two attached hydrogens (primary N) is 1. The predicted octanol–water partition coefficient (Wildman–Crippen LogP) is 3.86. The maximum absolute atomic E-state index is 12.8. The van der Waals surface area contributed by atoms with Crippen molar-refractivity contribution in [2.45, 2.75) is 13.0 Å². The van der Waals surface area contributed by atoms with E-state index in [9.17, 15) is 4.79 Å². The minimum Gasteiger partial charge on any atom is -0.397 e. The number of ketones is 1. The van der Waals surface area contributed by atoms with E-state index in [0.29, 0.717) is 16.1 Å². The molecule has 0 radical (unpaired) electrons. The van der Waals surface area contributed by atoms with E-state index in [4.69, 9.17) is 10.7 Å². The van der Waals surface area contributed by atoms with Crippen molar-refractivity contribution in [3.63, 3.8) is 0 Å². The fraction of sp³-hybridized carbons (Fsp3) is 0.222. The first-order valence-electron chi connectivity index (χ1n) is 7.72. The van der Waals surface area contributed by atoms with E-state index in [0.717, 1.165) is 39.9 Å². The molecule has 0 amide bonds. The first-order chi connectivity index (χ1) is 11.5. The van der Waals surface area contributed by atoms with Gasteiger partial charge in [-0.3, -0.25) is 4.79 Å². The molecule has 3 heterocycles. The first-order valence-corrected chi connectivity index (χ1v) is 9.33. The van der Waals surface area contributed by atoms with Crippen molar-refractivity contribution < 1.29 is 4.79 Å². The number of thiophene rings is 1. The smallest absolute Gasteiger partial charge is 0.205 e. The lowest BCUT2D eigenvalue weighted by Crippen LogP contribution is -2.27. The highest BCUT2D eigenvalue weighted by Gasteiger charge is 2.22. The third kappa shape index (κ3) is 2.64. The summed E-state index contributed by atoms with van der Waals surface area (Å²) in [6.07, 6.45) is 0.940. The fourth-order valence-corrected chi connectivity index (χ4v) is 4.36. The molecule has 0 unspecified atom stereocenters. The Morgan fingerprint density at radius 1 is 1.33 bits per heavy atom. The molecule has 0 aliphatic carbocycles. The molecule has 6 heteroatoms. The topological polar surface area (TPSA) is 59.2 Å². The van der Waals surface area contributed by atoms with E-state index >= 15 is 0 Å². The van der Waals surface area contributed by atoms with Gasteiger partial charge in [-0.25, -0.2) is 4.98 Å². The molecule has 0 spiro atoms. The summed E-state index contributed by atoms with van der Waals surface area (Å²) in [7, 11) is 2.10. The zero-order chi connectivity index (χ0) is 16.8. The van der Waals surface area contributed by atoms with Gasteiger partial charge in [0.15, 0.2) is 0 Å². The highest BCUT2D eigenvalue weighted by atomic mass is 79.9. The second kappa shape index (κ2) is 5.95. The molecule has 1 aliphatic rings. The number of hydrogen-bond acceptors (Lipinski definition) is 5. The van der Waals surface area contributed by atoms with Crippen molar-refractivity contribution >= 4 is 49.0 Å². The van der Waals surface area contributed by atoms with Crippen LogP contribution in [0.1, 0.15) is 26.5 Å². The number of carbonyl (C=O) groups is 1. The summed E-state index contributed by atoms with van der Waals surface area (Å²) in [6.45, 7) is 1.89. The molecular weight excluding hydrogens is 386 g/mol. The number of fused-ring (bicyclic) bond motifs is 2. The van der Waals surface area contributed by atoms with Crippen LogP contribution in [0.2, 0.25) is 0 Å². The van der Waals surface area contributed by atoms with Crippen LogP contribution in [-0.4, -0.2) is 29.3 Å². The van der Waals surface area contributed by atoms with Crippen LogP contribution in [0.5, 0.6) is 0 Å². The average Bonchev–Trinajstić information content (AvgIpc) is 2.89. The highest BCUT2D eigenvalue weighted by Crippen LogP contribution is 2.36. The molecule has 0 saturated carbocycles. The Morgan fingerprint density at radius 2 is 2.08 bits per heavy atom. The van der Waals surface area contributed by atoms with Crippen LogP contribution in [0.4, 0.5) is 5.69 Å². The number of nitrogens with zero attached hydrogens (tertiary/aromatic N) is 2. The van der Waals surface area contributed by atoms with Crippen molar-refractivity contribution in [2.75, 3.05) is 19.3 Å². The summed E-state index contributed by atoms with van der Waals surface area (Å²) in [4.78, 5) is 21.3. The Hall–Kier alpha value is -1.76. The number of pyridine rings is 1. The molecule has 0 saturated heterocycles. The number of aromatic nitrogens is 1. The second-order valence-corrected chi connectivity index (χ2v) is 8.03. The molecule has 122 valence electrons. The van der Waals surface area contributed by atoms with Gasteiger partial charge in [0.1, 0.15) is 9.71 Å². The molecule has 3 aromatic rings. The van der Waals surface area contributed by atoms with Gasteiger partial charge < -0.3 is 10.6 Å². The number of hydrogen-bond donors (Lipinski definition) is 1. The lowest BCUT2D eigenvalue weighted by molar-refractivity contribution is 0.104. The zero-order valence-corrected chi connectivity index (χ0v) is 15.6. The molecule has 2 aromatic heterocycles. The average molecular weight is 402 g/mol. The lowest BCUT2D eigenvalue weighted by Gasteiger charge is -2.24. The standard InChI is InChI=1S/C18H16BrN3OS/c1-22-7-6-14-11(9-22)8-13-15(20)17(24-18(13)21-14)16(23)10-2-4-12(19)5-3-10/h2-5,8H,6-7,9,20H2,1H3.